The Balaban J connectivity index is 1.46. The molecule has 32 heavy (non-hydrogen) atoms. The van der Waals surface area contributed by atoms with Gasteiger partial charge in [-0.15, -0.1) is 0 Å². The van der Waals surface area contributed by atoms with E-state index in [1.807, 2.05) is 30.5 Å². The molecule has 5 rings (SSSR count). The van der Waals surface area contributed by atoms with Gasteiger partial charge in [-0.2, -0.15) is 0 Å². The number of hydrogen-bond donors (Lipinski definition) is 5. The second kappa shape index (κ2) is 8.54. The Hall–Kier alpha value is -2.94. The number of aromatic amines is 1. The molecule has 1 fully saturated rings. The van der Waals surface area contributed by atoms with E-state index in [1.165, 1.54) is 10.8 Å². The lowest BCUT2D eigenvalue weighted by atomic mass is 9.99. The summed E-state index contributed by atoms with van der Waals surface area (Å²) < 4.78 is 11.5. The van der Waals surface area contributed by atoms with E-state index in [9.17, 15) is 20.4 Å². The van der Waals surface area contributed by atoms with Crippen molar-refractivity contribution < 1.29 is 29.9 Å². The maximum atomic E-state index is 10.4. The van der Waals surface area contributed by atoms with Crippen LogP contribution in [0.2, 0.25) is 0 Å². The van der Waals surface area contributed by atoms with Gasteiger partial charge in [0.25, 0.3) is 0 Å². The van der Waals surface area contributed by atoms with Crippen LogP contribution in [-0.2, 0) is 11.2 Å². The number of aliphatic hydroxyl groups is 4. The van der Waals surface area contributed by atoms with E-state index in [1.54, 1.807) is 6.07 Å². The van der Waals surface area contributed by atoms with E-state index in [-0.39, 0.29) is 0 Å². The predicted octanol–water partition coefficient (Wildman–Crippen LogP) is 2.09. The second-order valence-corrected chi connectivity index (χ2v) is 8.17. The summed E-state index contributed by atoms with van der Waals surface area (Å²) in [6.45, 7) is -0.508. The SMILES string of the molecule is OC[C@H]1O[C@@H](Oc2cccc3[nH]cc(Cc4ccc5ccccc5c4)c23)[C@H](O)[C@@H](O)[C@@H]1O. The highest BCUT2D eigenvalue weighted by Crippen LogP contribution is 2.33. The van der Waals surface area contributed by atoms with E-state index >= 15 is 0 Å². The minimum absolute atomic E-state index is 0.476. The largest absolute Gasteiger partial charge is 0.461 e. The standard InChI is InChI=1S/C25H25NO6/c27-13-20-22(28)23(29)24(30)25(32-20)31-19-7-3-6-18-21(19)17(12-26-18)11-14-8-9-15-4-1-2-5-16(15)10-14/h1-10,12,20,22-30H,11,13H2/t20-,22-,23+,24-,25-/m1/s1. The fourth-order valence-corrected chi connectivity index (χ4v) is 4.32. The molecule has 0 amide bonds. The highest BCUT2D eigenvalue weighted by Gasteiger charge is 2.44. The molecular formula is C25H25NO6. The van der Waals surface area contributed by atoms with Gasteiger partial charge in [0, 0.05) is 17.1 Å². The minimum Gasteiger partial charge on any atom is -0.461 e. The first-order valence-corrected chi connectivity index (χ1v) is 10.6. The van der Waals surface area contributed by atoms with Crippen LogP contribution in [0, 0.1) is 0 Å². The van der Waals surface area contributed by atoms with Crippen molar-refractivity contribution >= 4 is 21.7 Å². The lowest BCUT2D eigenvalue weighted by Crippen LogP contribution is -2.60. The number of H-pyrrole nitrogens is 1. The van der Waals surface area contributed by atoms with Crippen molar-refractivity contribution in [3.8, 4) is 5.75 Å². The number of benzene rings is 3. The zero-order chi connectivity index (χ0) is 22.2. The molecule has 1 aliphatic heterocycles. The molecule has 1 aromatic heterocycles. The third-order valence-corrected chi connectivity index (χ3v) is 6.05. The first-order valence-electron chi connectivity index (χ1n) is 10.6. The van der Waals surface area contributed by atoms with Gasteiger partial charge >= 0.3 is 0 Å². The molecule has 5 N–H and O–H groups in total. The van der Waals surface area contributed by atoms with Crippen molar-refractivity contribution in [3.05, 3.63) is 78.0 Å². The molecule has 7 heteroatoms. The average Bonchev–Trinajstić information content (AvgIpc) is 3.23. The van der Waals surface area contributed by atoms with Gasteiger partial charge in [-0.1, -0.05) is 48.5 Å². The minimum atomic E-state index is -1.49. The number of fused-ring (bicyclic) bond motifs is 2. The summed E-state index contributed by atoms with van der Waals surface area (Å²) in [5.41, 5.74) is 3.02. The van der Waals surface area contributed by atoms with E-state index in [0.717, 1.165) is 22.0 Å². The van der Waals surface area contributed by atoms with E-state index in [4.69, 9.17) is 9.47 Å². The van der Waals surface area contributed by atoms with Crippen molar-refractivity contribution in [2.45, 2.75) is 37.1 Å². The van der Waals surface area contributed by atoms with Crippen LogP contribution in [0.5, 0.6) is 5.75 Å². The third-order valence-electron chi connectivity index (χ3n) is 6.05. The molecule has 0 radical (unpaired) electrons. The lowest BCUT2D eigenvalue weighted by molar-refractivity contribution is -0.277. The van der Waals surface area contributed by atoms with Gasteiger partial charge in [-0.25, -0.2) is 0 Å². The highest BCUT2D eigenvalue weighted by atomic mass is 16.7. The summed E-state index contributed by atoms with van der Waals surface area (Å²) in [7, 11) is 0. The van der Waals surface area contributed by atoms with Crippen LogP contribution in [-0.4, -0.2) is 62.7 Å². The van der Waals surface area contributed by atoms with Gasteiger partial charge in [0.2, 0.25) is 6.29 Å². The smallest absolute Gasteiger partial charge is 0.229 e. The van der Waals surface area contributed by atoms with Crippen LogP contribution in [0.25, 0.3) is 21.7 Å². The van der Waals surface area contributed by atoms with Crippen LogP contribution >= 0.6 is 0 Å². The predicted molar refractivity (Wildman–Crippen MR) is 119 cm³/mol. The maximum absolute atomic E-state index is 10.4. The van der Waals surface area contributed by atoms with Gasteiger partial charge in [0.1, 0.15) is 30.2 Å². The molecule has 1 saturated heterocycles. The number of aliphatic hydroxyl groups excluding tert-OH is 4. The van der Waals surface area contributed by atoms with Crippen LogP contribution < -0.4 is 4.74 Å². The van der Waals surface area contributed by atoms with Gasteiger partial charge in [-0.3, -0.25) is 0 Å². The van der Waals surface area contributed by atoms with Gasteiger partial charge in [-0.05, 0) is 40.5 Å². The van der Waals surface area contributed by atoms with Crippen LogP contribution in [0.1, 0.15) is 11.1 Å². The zero-order valence-electron chi connectivity index (χ0n) is 17.3. The Labute approximate surface area is 184 Å². The van der Waals surface area contributed by atoms with Crippen molar-refractivity contribution in [2.75, 3.05) is 6.61 Å². The second-order valence-electron chi connectivity index (χ2n) is 8.17. The zero-order valence-corrected chi connectivity index (χ0v) is 17.3. The molecule has 4 aromatic rings. The Morgan fingerprint density at radius 1 is 0.875 bits per heavy atom. The molecule has 166 valence electrons. The topological polar surface area (TPSA) is 115 Å². The van der Waals surface area contributed by atoms with Crippen molar-refractivity contribution in [1.29, 1.82) is 0 Å². The summed E-state index contributed by atoms with van der Waals surface area (Å²) >= 11 is 0. The van der Waals surface area contributed by atoms with Crippen LogP contribution in [0.3, 0.4) is 0 Å². The van der Waals surface area contributed by atoms with Crippen LogP contribution in [0.4, 0.5) is 0 Å². The number of ether oxygens (including phenoxy) is 2. The summed E-state index contributed by atoms with van der Waals surface area (Å²) in [5.74, 6) is 0.476. The fourth-order valence-electron chi connectivity index (χ4n) is 4.32. The average molecular weight is 435 g/mol. The van der Waals surface area contributed by atoms with Crippen LogP contribution in [0.15, 0.2) is 66.9 Å². The molecule has 0 spiro atoms. The molecule has 0 saturated carbocycles. The molecule has 0 aliphatic carbocycles. The number of hydrogen-bond acceptors (Lipinski definition) is 6. The van der Waals surface area contributed by atoms with E-state index < -0.39 is 37.3 Å². The Morgan fingerprint density at radius 3 is 2.50 bits per heavy atom. The normalized spacial score (nSPS) is 25.9. The monoisotopic (exact) mass is 435 g/mol. The molecule has 0 unspecified atom stereocenters. The first-order chi connectivity index (χ1) is 15.5. The molecule has 1 aliphatic rings. The number of rotatable bonds is 5. The fraction of sp³-hybridized carbons (Fsp3) is 0.280. The Bertz CT molecular complexity index is 1240. The quantitative estimate of drug-likeness (QED) is 0.328. The molecule has 5 atom stereocenters. The molecule has 2 heterocycles. The molecule has 7 nitrogen and oxygen atoms in total. The van der Waals surface area contributed by atoms with E-state index in [0.29, 0.717) is 12.2 Å². The van der Waals surface area contributed by atoms with Gasteiger partial charge in [0.15, 0.2) is 0 Å². The summed E-state index contributed by atoms with van der Waals surface area (Å²) in [6, 6.07) is 20.1. The number of nitrogens with one attached hydrogen (secondary N) is 1. The third kappa shape index (κ3) is 3.74. The molecule has 3 aromatic carbocycles. The van der Waals surface area contributed by atoms with Crippen molar-refractivity contribution in [3.63, 3.8) is 0 Å². The number of aromatic nitrogens is 1. The molecular weight excluding hydrogens is 410 g/mol. The Morgan fingerprint density at radius 2 is 1.69 bits per heavy atom. The summed E-state index contributed by atoms with van der Waals surface area (Å²) in [4.78, 5) is 3.26. The van der Waals surface area contributed by atoms with Crippen molar-refractivity contribution in [2.24, 2.45) is 0 Å². The lowest BCUT2D eigenvalue weighted by Gasteiger charge is -2.39. The maximum Gasteiger partial charge on any atom is 0.229 e. The molecule has 0 bridgehead atoms. The van der Waals surface area contributed by atoms with Crippen molar-refractivity contribution in [1.82, 2.24) is 4.98 Å². The van der Waals surface area contributed by atoms with Gasteiger partial charge < -0.3 is 34.9 Å². The summed E-state index contributed by atoms with van der Waals surface area (Å²) in [6.07, 6.45) is -4.05. The Kier molecular flexibility index (Phi) is 5.58. The summed E-state index contributed by atoms with van der Waals surface area (Å²) in [5, 5.41) is 43.1. The highest BCUT2D eigenvalue weighted by molar-refractivity contribution is 5.90. The van der Waals surface area contributed by atoms with E-state index in [2.05, 4.69) is 35.3 Å². The first kappa shape index (κ1) is 20.9. The van der Waals surface area contributed by atoms with Gasteiger partial charge in [0.05, 0.1) is 6.61 Å².